The molecule has 0 radical (unpaired) electrons. The Kier molecular flexibility index (Phi) is 3.60. The van der Waals surface area contributed by atoms with Crippen LogP contribution in [0, 0.1) is 11.3 Å². The molecule has 3 rings (SSSR count). The predicted octanol–water partition coefficient (Wildman–Crippen LogP) is 3.63. The van der Waals surface area contributed by atoms with Gasteiger partial charge in [0.2, 0.25) is 5.88 Å². The van der Waals surface area contributed by atoms with Gasteiger partial charge in [0, 0.05) is 11.6 Å². The summed E-state index contributed by atoms with van der Waals surface area (Å²) in [4.78, 5) is 0. The quantitative estimate of drug-likeness (QED) is 0.836. The molecule has 1 heterocycles. The van der Waals surface area contributed by atoms with Gasteiger partial charge in [-0.05, 0) is 23.8 Å². The molecule has 1 aliphatic heterocycles. The number of fused-ring (bicyclic) bond motifs is 1. The van der Waals surface area contributed by atoms with E-state index in [4.69, 9.17) is 10.5 Å². The van der Waals surface area contributed by atoms with Crippen molar-refractivity contribution in [2.75, 3.05) is 0 Å². The van der Waals surface area contributed by atoms with Crippen LogP contribution in [0.25, 0.3) is 0 Å². The maximum atomic E-state index is 12.7. The van der Waals surface area contributed by atoms with Crippen LogP contribution in [0.3, 0.4) is 0 Å². The van der Waals surface area contributed by atoms with E-state index >= 15 is 0 Å². The maximum Gasteiger partial charge on any atom is 0.416 e. The number of nitrogens with zero attached hydrogens (tertiary/aromatic N) is 1. The zero-order valence-electron chi connectivity index (χ0n) is 12.1. The number of phenols is 1. The van der Waals surface area contributed by atoms with E-state index in [1.807, 2.05) is 6.07 Å². The fourth-order valence-electron chi connectivity index (χ4n) is 2.65. The van der Waals surface area contributed by atoms with Crippen LogP contribution in [-0.4, -0.2) is 5.11 Å². The van der Waals surface area contributed by atoms with Crippen molar-refractivity contribution in [3.05, 3.63) is 70.6 Å². The Morgan fingerprint density at radius 2 is 1.79 bits per heavy atom. The van der Waals surface area contributed by atoms with Gasteiger partial charge < -0.3 is 15.6 Å². The summed E-state index contributed by atoms with van der Waals surface area (Å²) in [5, 5.41) is 18.9. The Hall–Kier alpha value is -3.14. The Balaban J connectivity index is 2.13. The van der Waals surface area contributed by atoms with Crippen LogP contribution < -0.4 is 10.5 Å². The van der Waals surface area contributed by atoms with Crippen molar-refractivity contribution < 1.29 is 23.0 Å². The Morgan fingerprint density at radius 1 is 1.12 bits per heavy atom. The first kappa shape index (κ1) is 15.7. The molecule has 24 heavy (non-hydrogen) atoms. The number of halogens is 3. The third-order valence-electron chi connectivity index (χ3n) is 3.77. The van der Waals surface area contributed by atoms with E-state index in [1.165, 1.54) is 24.3 Å². The van der Waals surface area contributed by atoms with Crippen molar-refractivity contribution >= 4 is 0 Å². The van der Waals surface area contributed by atoms with Gasteiger partial charge in [0.15, 0.2) is 0 Å². The van der Waals surface area contributed by atoms with Crippen LogP contribution in [0.4, 0.5) is 13.2 Å². The van der Waals surface area contributed by atoms with E-state index in [1.54, 1.807) is 6.07 Å². The number of hydrogen-bond acceptors (Lipinski definition) is 4. The molecule has 0 unspecified atom stereocenters. The first-order chi connectivity index (χ1) is 11.3. The summed E-state index contributed by atoms with van der Waals surface area (Å²) in [6.45, 7) is 0. The number of nitrogens with two attached hydrogens (primary N) is 1. The molecule has 122 valence electrons. The first-order valence-corrected chi connectivity index (χ1v) is 6.89. The highest BCUT2D eigenvalue weighted by molar-refractivity contribution is 5.57. The molecule has 0 spiro atoms. The van der Waals surface area contributed by atoms with Crippen LogP contribution in [-0.2, 0) is 6.18 Å². The Bertz CT molecular complexity index is 865. The fourth-order valence-corrected chi connectivity index (χ4v) is 2.65. The molecule has 0 bridgehead atoms. The Morgan fingerprint density at radius 3 is 2.38 bits per heavy atom. The second-order valence-corrected chi connectivity index (χ2v) is 5.27. The minimum Gasteiger partial charge on any atom is -0.508 e. The molecular formula is C17H11F3N2O2. The van der Waals surface area contributed by atoms with Gasteiger partial charge in [0.25, 0.3) is 0 Å². The molecule has 3 N–H and O–H groups in total. The third-order valence-corrected chi connectivity index (χ3v) is 3.77. The fraction of sp³-hybridized carbons (Fsp3) is 0.118. The highest BCUT2D eigenvalue weighted by atomic mass is 19.4. The number of ether oxygens (including phenoxy) is 1. The van der Waals surface area contributed by atoms with Crippen LogP contribution in [0.1, 0.15) is 22.6 Å². The second kappa shape index (κ2) is 5.49. The number of allylic oxidation sites excluding steroid dienone is 1. The molecule has 1 atom stereocenters. The summed E-state index contributed by atoms with van der Waals surface area (Å²) >= 11 is 0. The maximum absolute atomic E-state index is 12.7. The lowest BCUT2D eigenvalue weighted by Gasteiger charge is -2.26. The normalized spacial score (nSPS) is 17.0. The van der Waals surface area contributed by atoms with Crippen LogP contribution in [0.5, 0.6) is 11.5 Å². The number of aromatic hydroxyl groups is 1. The van der Waals surface area contributed by atoms with Gasteiger partial charge in [-0.15, -0.1) is 0 Å². The summed E-state index contributed by atoms with van der Waals surface area (Å²) in [6, 6.07) is 10.8. The van der Waals surface area contributed by atoms with Crippen molar-refractivity contribution in [2.24, 2.45) is 5.73 Å². The van der Waals surface area contributed by atoms with Gasteiger partial charge in [-0.1, -0.05) is 18.2 Å². The molecule has 0 aliphatic carbocycles. The largest absolute Gasteiger partial charge is 0.508 e. The third kappa shape index (κ3) is 2.63. The van der Waals surface area contributed by atoms with E-state index in [-0.39, 0.29) is 23.0 Å². The summed E-state index contributed by atoms with van der Waals surface area (Å²) in [5.41, 5.74) is 6.09. The SMILES string of the molecule is N#CC1=C(N)Oc2cc(O)ccc2[C@H]1c1ccc(C(F)(F)F)cc1. The minimum absolute atomic E-state index is 0.0480. The van der Waals surface area contributed by atoms with E-state index in [2.05, 4.69) is 0 Å². The molecular weight excluding hydrogens is 321 g/mol. The average molecular weight is 332 g/mol. The lowest BCUT2D eigenvalue weighted by Crippen LogP contribution is -2.21. The molecule has 0 amide bonds. The Labute approximate surface area is 135 Å². The van der Waals surface area contributed by atoms with E-state index in [9.17, 15) is 23.5 Å². The standard InChI is InChI=1S/C17H11F3N2O2/c18-17(19,20)10-3-1-9(2-4-10)15-12-6-5-11(23)7-14(12)24-16(22)13(15)8-21/h1-7,15,23H,22H2/t15-/m1/s1. The van der Waals surface area contributed by atoms with Gasteiger partial charge in [0.1, 0.15) is 23.1 Å². The molecule has 0 aromatic heterocycles. The number of benzene rings is 2. The molecule has 0 saturated carbocycles. The van der Waals surface area contributed by atoms with Crippen molar-refractivity contribution in [3.63, 3.8) is 0 Å². The summed E-state index contributed by atoms with van der Waals surface area (Å²) in [5.74, 6) is -0.591. The van der Waals surface area contributed by atoms with E-state index in [0.29, 0.717) is 11.1 Å². The van der Waals surface area contributed by atoms with Gasteiger partial charge in [-0.2, -0.15) is 18.4 Å². The van der Waals surface area contributed by atoms with Gasteiger partial charge in [0.05, 0.1) is 11.5 Å². The zero-order chi connectivity index (χ0) is 17.5. The highest BCUT2D eigenvalue weighted by Gasteiger charge is 2.33. The topological polar surface area (TPSA) is 79.3 Å². The number of phenolic OH excluding ortho intramolecular Hbond substituents is 1. The number of alkyl halides is 3. The summed E-state index contributed by atoms with van der Waals surface area (Å²) in [6.07, 6.45) is -4.44. The van der Waals surface area contributed by atoms with Crippen molar-refractivity contribution in [3.8, 4) is 17.6 Å². The molecule has 7 heteroatoms. The number of nitriles is 1. The second-order valence-electron chi connectivity index (χ2n) is 5.27. The van der Waals surface area contributed by atoms with Crippen LogP contribution in [0.15, 0.2) is 53.9 Å². The molecule has 0 saturated heterocycles. The average Bonchev–Trinajstić information content (AvgIpc) is 2.52. The van der Waals surface area contributed by atoms with Gasteiger partial charge >= 0.3 is 6.18 Å². The number of hydrogen-bond donors (Lipinski definition) is 2. The van der Waals surface area contributed by atoms with Crippen molar-refractivity contribution in [1.82, 2.24) is 0 Å². The molecule has 2 aromatic carbocycles. The predicted molar refractivity (Wildman–Crippen MR) is 78.8 cm³/mol. The molecule has 1 aliphatic rings. The zero-order valence-corrected chi connectivity index (χ0v) is 12.1. The highest BCUT2D eigenvalue weighted by Crippen LogP contribution is 2.43. The molecule has 0 fully saturated rings. The van der Waals surface area contributed by atoms with Crippen LogP contribution in [0.2, 0.25) is 0 Å². The minimum atomic E-state index is -4.44. The summed E-state index contributed by atoms with van der Waals surface area (Å²) in [7, 11) is 0. The first-order valence-electron chi connectivity index (χ1n) is 6.89. The smallest absolute Gasteiger partial charge is 0.416 e. The van der Waals surface area contributed by atoms with Crippen molar-refractivity contribution in [2.45, 2.75) is 12.1 Å². The van der Waals surface area contributed by atoms with Crippen LogP contribution >= 0.6 is 0 Å². The lowest BCUT2D eigenvalue weighted by molar-refractivity contribution is -0.137. The van der Waals surface area contributed by atoms with Crippen molar-refractivity contribution in [1.29, 1.82) is 5.26 Å². The van der Waals surface area contributed by atoms with Gasteiger partial charge in [-0.3, -0.25) is 0 Å². The van der Waals surface area contributed by atoms with Gasteiger partial charge in [-0.25, -0.2) is 0 Å². The number of rotatable bonds is 1. The van der Waals surface area contributed by atoms with E-state index in [0.717, 1.165) is 12.1 Å². The van der Waals surface area contributed by atoms with E-state index < -0.39 is 17.7 Å². The lowest BCUT2D eigenvalue weighted by atomic mass is 9.83. The molecule has 4 nitrogen and oxygen atoms in total. The molecule has 2 aromatic rings. The monoisotopic (exact) mass is 332 g/mol. The summed E-state index contributed by atoms with van der Waals surface area (Å²) < 4.78 is 43.5.